The molecule has 0 aliphatic carbocycles. The highest BCUT2D eigenvalue weighted by Gasteiger charge is 2.14. The largest absolute Gasteiger partial charge is 0.394 e. The highest BCUT2D eigenvalue weighted by atomic mass is 16.1. The highest BCUT2D eigenvalue weighted by molar-refractivity contribution is 5.66. The summed E-state index contributed by atoms with van der Waals surface area (Å²) in [4.78, 5) is 12.4. The fourth-order valence-electron chi connectivity index (χ4n) is 2.51. The zero-order valence-corrected chi connectivity index (χ0v) is 12.6. The van der Waals surface area contributed by atoms with Crippen LogP contribution in [0.25, 0.3) is 11.3 Å². The van der Waals surface area contributed by atoms with Gasteiger partial charge in [-0.25, -0.2) is 0 Å². The second kappa shape index (κ2) is 5.53. The molecule has 1 aromatic heterocycles. The number of hydrogen-bond donors (Lipinski definition) is 1. The van der Waals surface area contributed by atoms with Crippen LogP contribution in [0.2, 0.25) is 0 Å². The molecule has 0 spiro atoms. The standard InChI is InChI=1S/C17H22N2O/c1-5-13(4)19-16(9-8-15(18)17(19)20)14-7-6-11(2)10-12(14)3/h6-10,13H,5,18H2,1-4H3. The minimum Gasteiger partial charge on any atom is -0.394 e. The molecule has 2 aromatic rings. The van der Waals surface area contributed by atoms with E-state index in [1.165, 1.54) is 11.1 Å². The van der Waals surface area contributed by atoms with Gasteiger partial charge in [0.2, 0.25) is 0 Å². The van der Waals surface area contributed by atoms with Gasteiger partial charge in [-0.2, -0.15) is 0 Å². The van der Waals surface area contributed by atoms with Gasteiger partial charge in [0.05, 0.1) is 11.4 Å². The number of nitrogen functional groups attached to an aromatic ring is 1. The first-order valence-electron chi connectivity index (χ1n) is 7.04. The Morgan fingerprint density at radius 2 is 1.90 bits per heavy atom. The van der Waals surface area contributed by atoms with Crippen LogP contribution in [0.15, 0.2) is 35.1 Å². The smallest absolute Gasteiger partial charge is 0.274 e. The molecule has 0 saturated heterocycles. The first kappa shape index (κ1) is 14.4. The summed E-state index contributed by atoms with van der Waals surface area (Å²) in [6, 6.07) is 10.1. The van der Waals surface area contributed by atoms with Crippen molar-refractivity contribution in [3.05, 3.63) is 51.8 Å². The van der Waals surface area contributed by atoms with Crippen LogP contribution in [0.3, 0.4) is 0 Å². The van der Waals surface area contributed by atoms with E-state index >= 15 is 0 Å². The molecule has 0 fully saturated rings. The van der Waals surface area contributed by atoms with Gasteiger partial charge in [-0.05, 0) is 44.9 Å². The third kappa shape index (κ3) is 2.48. The fourth-order valence-corrected chi connectivity index (χ4v) is 2.51. The van der Waals surface area contributed by atoms with Crippen LogP contribution in [0.4, 0.5) is 5.69 Å². The van der Waals surface area contributed by atoms with Crippen LogP contribution in [-0.4, -0.2) is 4.57 Å². The number of pyridine rings is 1. The molecule has 2 N–H and O–H groups in total. The summed E-state index contributed by atoms with van der Waals surface area (Å²) < 4.78 is 1.81. The van der Waals surface area contributed by atoms with Crippen molar-refractivity contribution in [1.29, 1.82) is 0 Å². The van der Waals surface area contributed by atoms with Crippen molar-refractivity contribution >= 4 is 5.69 Å². The maximum Gasteiger partial charge on any atom is 0.274 e. The molecule has 0 aliphatic heterocycles. The van der Waals surface area contributed by atoms with E-state index in [2.05, 4.69) is 39.0 Å². The predicted molar refractivity (Wildman–Crippen MR) is 85.0 cm³/mol. The van der Waals surface area contributed by atoms with Gasteiger partial charge in [0.1, 0.15) is 0 Å². The third-order valence-electron chi connectivity index (χ3n) is 3.84. The number of nitrogens with zero attached hydrogens (tertiary/aromatic N) is 1. The van der Waals surface area contributed by atoms with E-state index in [0.29, 0.717) is 5.69 Å². The molecule has 1 unspecified atom stereocenters. The molecular formula is C17H22N2O. The second-order valence-corrected chi connectivity index (χ2v) is 5.42. The van der Waals surface area contributed by atoms with Gasteiger partial charge in [-0.15, -0.1) is 0 Å². The molecule has 1 aromatic carbocycles. The van der Waals surface area contributed by atoms with Crippen molar-refractivity contribution in [2.24, 2.45) is 0 Å². The minimum atomic E-state index is -0.100. The zero-order chi connectivity index (χ0) is 14.9. The molecule has 0 saturated carbocycles. The molecule has 0 bridgehead atoms. The quantitative estimate of drug-likeness (QED) is 0.924. The molecule has 20 heavy (non-hydrogen) atoms. The number of aryl methyl sites for hydroxylation is 2. The van der Waals surface area contributed by atoms with Crippen LogP contribution in [-0.2, 0) is 0 Å². The van der Waals surface area contributed by atoms with Crippen LogP contribution in [0.1, 0.15) is 37.4 Å². The normalized spacial score (nSPS) is 12.4. The monoisotopic (exact) mass is 270 g/mol. The van der Waals surface area contributed by atoms with Crippen molar-refractivity contribution in [2.75, 3.05) is 5.73 Å². The van der Waals surface area contributed by atoms with E-state index in [9.17, 15) is 4.79 Å². The van der Waals surface area contributed by atoms with Crippen molar-refractivity contribution in [1.82, 2.24) is 4.57 Å². The van der Waals surface area contributed by atoms with Crippen molar-refractivity contribution in [3.8, 4) is 11.3 Å². The first-order valence-corrected chi connectivity index (χ1v) is 7.04. The third-order valence-corrected chi connectivity index (χ3v) is 3.84. The summed E-state index contributed by atoms with van der Waals surface area (Å²) in [6.07, 6.45) is 0.890. The Morgan fingerprint density at radius 1 is 1.20 bits per heavy atom. The summed E-state index contributed by atoms with van der Waals surface area (Å²) in [5.41, 5.74) is 10.4. The van der Waals surface area contributed by atoms with Gasteiger partial charge in [0.25, 0.3) is 5.56 Å². The molecular weight excluding hydrogens is 248 g/mol. The second-order valence-electron chi connectivity index (χ2n) is 5.42. The maximum absolute atomic E-state index is 12.4. The Bertz CT molecular complexity index is 686. The average molecular weight is 270 g/mol. The lowest BCUT2D eigenvalue weighted by Gasteiger charge is -2.20. The van der Waals surface area contributed by atoms with Crippen LogP contribution >= 0.6 is 0 Å². The Hall–Kier alpha value is -2.03. The van der Waals surface area contributed by atoms with Gasteiger partial charge < -0.3 is 10.3 Å². The van der Waals surface area contributed by atoms with E-state index in [1.807, 2.05) is 17.6 Å². The number of nitrogens with two attached hydrogens (primary N) is 1. The molecule has 0 radical (unpaired) electrons. The van der Waals surface area contributed by atoms with Crippen molar-refractivity contribution in [2.45, 2.75) is 40.2 Å². The summed E-state index contributed by atoms with van der Waals surface area (Å²) in [6.45, 7) is 8.27. The SMILES string of the molecule is CCC(C)n1c(-c2ccc(C)cc2C)ccc(N)c1=O. The highest BCUT2D eigenvalue weighted by Crippen LogP contribution is 2.26. The van der Waals surface area contributed by atoms with Crippen LogP contribution in [0, 0.1) is 13.8 Å². The average Bonchev–Trinajstić information content (AvgIpc) is 2.41. The van der Waals surface area contributed by atoms with Crippen molar-refractivity contribution in [3.63, 3.8) is 0 Å². The lowest BCUT2D eigenvalue weighted by molar-refractivity contribution is 0.521. The lowest BCUT2D eigenvalue weighted by Crippen LogP contribution is -2.26. The number of aromatic nitrogens is 1. The number of rotatable bonds is 3. The number of benzene rings is 1. The van der Waals surface area contributed by atoms with E-state index < -0.39 is 0 Å². The van der Waals surface area contributed by atoms with Gasteiger partial charge in [0.15, 0.2) is 0 Å². The van der Waals surface area contributed by atoms with Crippen LogP contribution in [0.5, 0.6) is 0 Å². The number of hydrogen-bond acceptors (Lipinski definition) is 2. The predicted octanol–water partition coefficient (Wildman–Crippen LogP) is 3.69. The lowest BCUT2D eigenvalue weighted by atomic mass is 10.0. The molecule has 0 aliphatic rings. The molecule has 1 heterocycles. The van der Waals surface area contributed by atoms with Crippen molar-refractivity contribution < 1.29 is 0 Å². The molecule has 106 valence electrons. The molecule has 3 heteroatoms. The van der Waals surface area contributed by atoms with E-state index in [1.54, 1.807) is 6.07 Å². The van der Waals surface area contributed by atoms with Gasteiger partial charge in [-0.3, -0.25) is 4.79 Å². The molecule has 0 amide bonds. The minimum absolute atomic E-state index is 0.100. The molecule has 2 rings (SSSR count). The van der Waals surface area contributed by atoms with Crippen LogP contribution < -0.4 is 11.3 Å². The van der Waals surface area contributed by atoms with Gasteiger partial charge in [0, 0.05) is 11.6 Å². The Balaban J connectivity index is 2.74. The summed E-state index contributed by atoms with van der Waals surface area (Å²) in [7, 11) is 0. The van der Waals surface area contributed by atoms with Gasteiger partial charge in [-0.1, -0.05) is 30.7 Å². The summed E-state index contributed by atoms with van der Waals surface area (Å²) in [5.74, 6) is 0. The fraction of sp³-hybridized carbons (Fsp3) is 0.353. The van der Waals surface area contributed by atoms with E-state index in [0.717, 1.165) is 17.7 Å². The number of anilines is 1. The van der Waals surface area contributed by atoms with E-state index in [4.69, 9.17) is 5.73 Å². The summed E-state index contributed by atoms with van der Waals surface area (Å²) in [5, 5.41) is 0. The van der Waals surface area contributed by atoms with E-state index in [-0.39, 0.29) is 11.6 Å². The summed E-state index contributed by atoms with van der Waals surface area (Å²) >= 11 is 0. The molecule has 1 atom stereocenters. The zero-order valence-electron chi connectivity index (χ0n) is 12.6. The topological polar surface area (TPSA) is 48.0 Å². The maximum atomic E-state index is 12.4. The Kier molecular flexibility index (Phi) is 3.98. The Morgan fingerprint density at radius 3 is 2.50 bits per heavy atom. The molecule has 3 nitrogen and oxygen atoms in total. The van der Waals surface area contributed by atoms with Gasteiger partial charge >= 0.3 is 0 Å². The first-order chi connectivity index (χ1) is 9.45. The Labute approximate surface area is 120 Å².